The predicted octanol–water partition coefficient (Wildman–Crippen LogP) is 4.87. The maximum Gasteiger partial charge on any atom is 0.410 e. The second kappa shape index (κ2) is 10.2. The molecule has 1 aromatic carbocycles. The normalized spacial score (nSPS) is 15.7. The molecule has 0 spiro atoms. The lowest BCUT2D eigenvalue weighted by Gasteiger charge is -2.38. The van der Waals surface area contributed by atoms with Crippen LogP contribution in [-0.4, -0.2) is 72.4 Å². The van der Waals surface area contributed by atoms with Gasteiger partial charge < -0.3 is 14.6 Å². The number of aryl methyl sites for hydroxylation is 2. The first-order valence-corrected chi connectivity index (χ1v) is 13.2. The quantitative estimate of drug-likeness (QED) is 0.408. The Labute approximate surface area is 223 Å². The Morgan fingerprint density at radius 1 is 1.13 bits per heavy atom. The molecule has 4 aromatic rings. The van der Waals surface area contributed by atoms with Gasteiger partial charge in [-0.1, -0.05) is 6.07 Å². The maximum absolute atomic E-state index is 12.4. The lowest BCUT2D eigenvalue weighted by atomic mass is 10.1. The van der Waals surface area contributed by atoms with Crippen LogP contribution in [0.3, 0.4) is 0 Å². The molecule has 9 heteroatoms. The second-order valence-electron chi connectivity index (χ2n) is 11.2. The van der Waals surface area contributed by atoms with Crippen LogP contribution >= 0.6 is 0 Å². The van der Waals surface area contributed by atoms with Crippen LogP contribution in [0.2, 0.25) is 0 Å². The highest BCUT2D eigenvalue weighted by Gasteiger charge is 2.28. The van der Waals surface area contributed by atoms with E-state index in [9.17, 15) is 4.79 Å². The van der Waals surface area contributed by atoms with Crippen LogP contribution < -0.4 is 0 Å². The van der Waals surface area contributed by atoms with Gasteiger partial charge in [0.1, 0.15) is 11.4 Å². The molecule has 3 aromatic heterocycles. The highest BCUT2D eigenvalue weighted by molar-refractivity contribution is 5.82. The lowest BCUT2D eigenvalue weighted by Crippen LogP contribution is -2.50. The van der Waals surface area contributed by atoms with Crippen molar-refractivity contribution in [2.45, 2.75) is 52.7 Å². The zero-order valence-corrected chi connectivity index (χ0v) is 23.2. The molecule has 0 aliphatic carbocycles. The summed E-state index contributed by atoms with van der Waals surface area (Å²) in [6.07, 6.45) is 4.16. The number of fused-ring (bicyclic) bond motifs is 1. The number of nitrogens with zero attached hydrogens (tertiary/aromatic N) is 6. The van der Waals surface area contributed by atoms with Crippen LogP contribution in [0.4, 0.5) is 4.79 Å². The summed E-state index contributed by atoms with van der Waals surface area (Å²) in [4.78, 5) is 29.5. The largest absolute Gasteiger partial charge is 0.444 e. The topological polar surface area (TPSA) is 92.2 Å². The third kappa shape index (κ3) is 5.57. The Bertz CT molecular complexity index is 1420. The lowest BCUT2D eigenvalue weighted by molar-refractivity contribution is 0.0110. The van der Waals surface area contributed by atoms with Crippen molar-refractivity contribution in [1.82, 2.24) is 34.5 Å². The molecule has 1 saturated heterocycles. The van der Waals surface area contributed by atoms with Crippen LogP contribution in [0.1, 0.15) is 56.4 Å². The van der Waals surface area contributed by atoms with Gasteiger partial charge in [0.2, 0.25) is 0 Å². The Morgan fingerprint density at radius 3 is 2.58 bits per heavy atom. The smallest absolute Gasteiger partial charge is 0.410 e. The van der Waals surface area contributed by atoms with Crippen molar-refractivity contribution in [3.05, 3.63) is 65.4 Å². The molecule has 1 atom stereocenters. The predicted molar refractivity (Wildman–Crippen MR) is 148 cm³/mol. The van der Waals surface area contributed by atoms with Crippen molar-refractivity contribution in [1.29, 1.82) is 0 Å². The number of nitrogens with one attached hydrogen (secondary N) is 1. The summed E-state index contributed by atoms with van der Waals surface area (Å²) in [5, 5.41) is 4.37. The number of aromatic amines is 1. The summed E-state index contributed by atoms with van der Waals surface area (Å²) in [6, 6.07) is 10.8. The average molecular weight is 516 g/mol. The Kier molecular flexibility index (Phi) is 6.96. The van der Waals surface area contributed by atoms with Gasteiger partial charge in [-0.2, -0.15) is 5.10 Å². The third-order valence-electron chi connectivity index (χ3n) is 7.11. The molecular weight excluding hydrogens is 478 g/mol. The molecule has 200 valence electrons. The molecule has 0 radical (unpaired) electrons. The highest BCUT2D eigenvalue weighted by Crippen LogP contribution is 2.27. The Balaban J connectivity index is 1.25. The summed E-state index contributed by atoms with van der Waals surface area (Å²) in [5.74, 6) is 0.891. The number of benzene rings is 1. The van der Waals surface area contributed by atoms with E-state index in [1.54, 1.807) is 4.90 Å². The number of H-pyrrole nitrogens is 1. The van der Waals surface area contributed by atoms with E-state index >= 15 is 0 Å². The van der Waals surface area contributed by atoms with E-state index in [0.29, 0.717) is 19.5 Å². The van der Waals surface area contributed by atoms with Crippen LogP contribution in [0, 0.1) is 6.92 Å². The maximum atomic E-state index is 12.4. The van der Waals surface area contributed by atoms with E-state index in [-0.39, 0.29) is 12.1 Å². The minimum atomic E-state index is -0.477. The molecule has 1 aliphatic rings. The number of hydrogen-bond acceptors (Lipinski definition) is 6. The van der Waals surface area contributed by atoms with Crippen molar-refractivity contribution >= 4 is 17.1 Å². The standard InChI is InChI=1S/C29H37N7O2/c1-19-18-31-34(6)27(19)22-7-8-24-25(16-22)33-26(32-24)17-23-15-21(9-10-30-23)20(2)35-11-13-36(14-12-35)28(37)38-29(3,4)5/h7-10,15-16,18,20H,11-14,17H2,1-6H3,(H,32,33). The number of ether oxygens (including phenoxy) is 1. The van der Waals surface area contributed by atoms with E-state index < -0.39 is 5.60 Å². The van der Waals surface area contributed by atoms with Crippen LogP contribution in [0.25, 0.3) is 22.3 Å². The summed E-state index contributed by atoms with van der Waals surface area (Å²) < 4.78 is 7.44. The Hall–Kier alpha value is -3.72. The van der Waals surface area contributed by atoms with E-state index in [1.807, 2.05) is 44.9 Å². The molecule has 1 aliphatic heterocycles. The number of hydrogen-bond donors (Lipinski definition) is 1. The fourth-order valence-corrected chi connectivity index (χ4v) is 5.11. The number of aromatic nitrogens is 5. The van der Waals surface area contributed by atoms with Gasteiger partial charge in [-0.3, -0.25) is 14.6 Å². The van der Waals surface area contributed by atoms with Crippen molar-refractivity contribution in [2.24, 2.45) is 7.05 Å². The summed E-state index contributed by atoms with van der Waals surface area (Å²) in [5.41, 5.74) is 7.03. The first-order chi connectivity index (χ1) is 18.1. The van der Waals surface area contributed by atoms with Gasteiger partial charge in [-0.25, -0.2) is 9.78 Å². The van der Waals surface area contributed by atoms with E-state index in [2.05, 4.69) is 64.1 Å². The Morgan fingerprint density at radius 2 is 1.89 bits per heavy atom. The molecule has 1 amide bonds. The number of piperazine rings is 1. The SMILES string of the molecule is Cc1cnn(C)c1-c1ccc2nc(Cc3cc(C(C)N4CCN(C(=O)OC(C)(C)C)CC4)ccn3)[nH]c2c1. The third-order valence-corrected chi connectivity index (χ3v) is 7.11. The molecule has 1 fully saturated rings. The molecule has 1 N–H and O–H groups in total. The fourth-order valence-electron chi connectivity index (χ4n) is 5.11. The highest BCUT2D eigenvalue weighted by atomic mass is 16.6. The van der Waals surface area contributed by atoms with Crippen molar-refractivity contribution < 1.29 is 9.53 Å². The van der Waals surface area contributed by atoms with Gasteiger partial charge >= 0.3 is 6.09 Å². The first-order valence-electron chi connectivity index (χ1n) is 13.2. The second-order valence-corrected chi connectivity index (χ2v) is 11.2. The number of carbonyl (C=O) groups is 1. The molecule has 9 nitrogen and oxygen atoms in total. The zero-order chi connectivity index (χ0) is 27.0. The number of rotatable bonds is 5. The van der Waals surface area contributed by atoms with E-state index in [4.69, 9.17) is 9.72 Å². The fraction of sp³-hybridized carbons (Fsp3) is 0.448. The minimum absolute atomic E-state index is 0.220. The molecule has 4 heterocycles. The van der Waals surface area contributed by atoms with Gasteiger partial charge in [-0.05, 0) is 70.0 Å². The van der Waals surface area contributed by atoms with E-state index in [0.717, 1.165) is 52.5 Å². The molecule has 5 rings (SSSR count). The molecule has 0 bridgehead atoms. The average Bonchev–Trinajstić information content (AvgIpc) is 3.43. The van der Waals surface area contributed by atoms with Crippen molar-refractivity contribution in [3.8, 4) is 11.3 Å². The zero-order valence-electron chi connectivity index (χ0n) is 23.2. The van der Waals surface area contributed by atoms with Crippen molar-refractivity contribution in [3.63, 3.8) is 0 Å². The van der Waals surface area contributed by atoms with Gasteiger partial charge in [-0.15, -0.1) is 0 Å². The number of imidazole rings is 1. The van der Waals surface area contributed by atoms with Gasteiger partial charge in [0.25, 0.3) is 0 Å². The number of amides is 1. The van der Waals surface area contributed by atoms with Crippen LogP contribution in [0.5, 0.6) is 0 Å². The number of pyridine rings is 1. The number of carbonyl (C=O) groups excluding carboxylic acids is 1. The van der Waals surface area contributed by atoms with Crippen LogP contribution in [-0.2, 0) is 18.2 Å². The van der Waals surface area contributed by atoms with Gasteiger partial charge in [0, 0.05) is 63.1 Å². The molecular formula is C29H37N7O2. The molecule has 1 unspecified atom stereocenters. The van der Waals surface area contributed by atoms with Gasteiger partial charge in [0.05, 0.1) is 22.9 Å². The molecule has 38 heavy (non-hydrogen) atoms. The molecule has 0 saturated carbocycles. The van der Waals surface area contributed by atoms with Crippen molar-refractivity contribution in [2.75, 3.05) is 26.2 Å². The minimum Gasteiger partial charge on any atom is -0.444 e. The summed E-state index contributed by atoms with van der Waals surface area (Å²) in [7, 11) is 1.96. The van der Waals surface area contributed by atoms with E-state index in [1.165, 1.54) is 5.56 Å². The van der Waals surface area contributed by atoms with Gasteiger partial charge in [0.15, 0.2) is 0 Å². The summed E-state index contributed by atoms with van der Waals surface area (Å²) in [6.45, 7) is 12.9. The first kappa shape index (κ1) is 25.9. The summed E-state index contributed by atoms with van der Waals surface area (Å²) >= 11 is 0. The van der Waals surface area contributed by atoms with Crippen LogP contribution in [0.15, 0.2) is 42.7 Å². The monoisotopic (exact) mass is 515 g/mol.